The van der Waals surface area contributed by atoms with Crippen LogP contribution in [-0.2, 0) is 13.0 Å². The zero-order valence-corrected chi connectivity index (χ0v) is 13.4. The number of hydrogen-bond acceptors (Lipinski definition) is 5. The third kappa shape index (κ3) is 3.93. The molecule has 1 saturated heterocycles. The van der Waals surface area contributed by atoms with E-state index in [1.54, 1.807) is 6.20 Å². The molecule has 118 valence electrons. The second-order valence-corrected chi connectivity index (χ2v) is 6.09. The summed E-state index contributed by atoms with van der Waals surface area (Å²) in [5.74, 6) is 1.69. The van der Waals surface area contributed by atoms with Gasteiger partial charge in [-0.3, -0.25) is 9.88 Å². The smallest absolute Gasteiger partial charge is 0.208 e. The fourth-order valence-electron chi connectivity index (χ4n) is 3.01. The summed E-state index contributed by atoms with van der Waals surface area (Å²) in [7, 11) is 2.16. The normalized spacial score (nSPS) is 19.1. The fourth-order valence-corrected chi connectivity index (χ4v) is 3.01. The van der Waals surface area contributed by atoms with Crippen LogP contribution in [0.25, 0.3) is 0 Å². The van der Waals surface area contributed by atoms with E-state index >= 15 is 0 Å². The first-order chi connectivity index (χ1) is 10.7. The molecule has 3 rings (SSSR count). The molecule has 1 unspecified atom stereocenters. The highest BCUT2D eigenvalue weighted by atomic mass is 16.4. The van der Waals surface area contributed by atoms with Crippen LogP contribution in [0.5, 0.6) is 0 Å². The van der Waals surface area contributed by atoms with E-state index < -0.39 is 0 Å². The molecule has 0 bridgehead atoms. The van der Waals surface area contributed by atoms with E-state index in [1.165, 1.54) is 12.1 Å². The molecule has 0 amide bonds. The van der Waals surface area contributed by atoms with Crippen molar-refractivity contribution in [2.24, 2.45) is 0 Å². The van der Waals surface area contributed by atoms with Crippen molar-refractivity contribution in [2.75, 3.05) is 26.7 Å². The number of rotatable bonds is 6. The van der Waals surface area contributed by atoms with E-state index in [1.807, 2.05) is 19.2 Å². The van der Waals surface area contributed by atoms with Gasteiger partial charge in [0.2, 0.25) is 5.89 Å². The first-order valence-electron chi connectivity index (χ1n) is 7.94. The van der Waals surface area contributed by atoms with Gasteiger partial charge in [-0.25, -0.2) is 4.98 Å². The number of pyridine rings is 1. The molecule has 1 fully saturated rings. The van der Waals surface area contributed by atoms with Crippen molar-refractivity contribution in [3.05, 3.63) is 47.9 Å². The summed E-state index contributed by atoms with van der Waals surface area (Å²) in [5, 5.41) is 0. The molecule has 0 aromatic carbocycles. The Morgan fingerprint density at radius 2 is 2.27 bits per heavy atom. The molecule has 0 saturated carbocycles. The average Bonchev–Trinajstić information content (AvgIpc) is 3.15. The number of aromatic nitrogens is 2. The topological polar surface area (TPSA) is 45.4 Å². The summed E-state index contributed by atoms with van der Waals surface area (Å²) >= 11 is 0. The van der Waals surface area contributed by atoms with Crippen molar-refractivity contribution in [3.8, 4) is 0 Å². The van der Waals surface area contributed by atoms with E-state index in [2.05, 4.69) is 38.9 Å². The SMILES string of the molecule is Cc1cnc(CN(C)C2CCN(CCc3ccccn3)C2)o1. The molecule has 22 heavy (non-hydrogen) atoms. The molecule has 0 spiro atoms. The minimum absolute atomic E-state index is 0.580. The Hall–Kier alpha value is -1.72. The van der Waals surface area contributed by atoms with Crippen molar-refractivity contribution in [2.45, 2.75) is 32.4 Å². The summed E-state index contributed by atoms with van der Waals surface area (Å²) in [6, 6.07) is 6.71. The number of likely N-dealkylation sites (tertiary alicyclic amines) is 1. The molecule has 2 aromatic rings. The van der Waals surface area contributed by atoms with Crippen LogP contribution in [0.2, 0.25) is 0 Å². The van der Waals surface area contributed by atoms with Gasteiger partial charge in [0.25, 0.3) is 0 Å². The molecule has 3 heterocycles. The van der Waals surface area contributed by atoms with Crippen LogP contribution in [0.3, 0.4) is 0 Å². The lowest BCUT2D eigenvalue weighted by atomic mass is 10.2. The molecule has 0 aliphatic carbocycles. The van der Waals surface area contributed by atoms with Crippen LogP contribution in [0.4, 0.5) is 0 Å². The molecule has 5 heteroatoms. The van der Waals surface area contributed by atoms with E-state index in [0.29, 0.717) is 6.04 Å². The van der Waals surface area contributed by atoms with Crippen molar-refractivity contribution in [1.29, 1.82) is 0 Å². The van der Waals surface area contributed by atoms with Gasteiger partial charge in [-0.05, 0) is 39.1 Å². The number of aryl methyl sites for hydroxylation is 1. The minimum atomic E-state index is 0.580. The maximum absolute atomic E-state index is 5.57. The second kappa shape index (κ2) is 7.03. The molecule has 2 aromatic heterocycles. The van der Waals surface area contributed by atoms with Gasteiger partial charge >= 0.3 is 0 Å². The number of likely N-dealkylation sites (N-methyl/N-ethyl adjacent to an activating group) is 1. The number of oxazole rings is 1. The zero-order valence-electron chi connectivity index (χ0n) is 13.4. The number of hydrogen-bond donors (Lipinski definition) is 0. The van der Waals surface area contributed by atoms with E-state index in [9.17, 15) is 0 Å². The predicted molar refractivity (Wildman–Crippen MR) is 85.5 cm³/mol. The van der Waals surface area contributed by atoms with Crippen LogP contribution in [0, 0.1) is 6.92 Å². The largest absolute Gasteiger partial charge is 0.445 e. The Morgan fingerprint density at radius 3 is 3.00 bits per heavy atom. The average molecular weight is 300 g/mol. The van der Waals surface area contributed by atoms with Crippen LogP contribution in [-0.4, -0.2) is 52.5 Å². The van der Waals surface area contributed by atoms with Gasteiger partial charge in [0, 0.05) is 37.4 Å². The van der Waals surface area contributed by atoms with Crippen molar-refractivity contribution in [3.63, 3.8) is 0 Å². The standard InChI is InChI=1S/C17H24N4O/c1-14-11-19-17(22-14)13-20(2)16-7-10-21(12-16)9-6-15-5-3-4-8-18-15/h3-5,8,11,16H,6-7,9-10,12-13H2,1-2H3. The molecular formula is C17H24N4O. The van der Waals surface area contributed by atoms with Gasteiger partial charge in [-0.1, -0.05) is 6.07 Å². The van der Waals surface area contributed by atoms with Gasteiger partial charge in [0.05, 0.1) is 12.7 Å². The van der Waals surface area contributed by atoms with Gasteiger partial charge < -0.3 is 9.32 Å². The molecular weight excluding hydrogens is 276 g/mol. The second-order valence-electron chi connectivity index (χ2n) is 6.09. The molecule has 1 atom stereocenters. The van der Waals surface area contributed by atoms with Crippen LogP contribution in [0.1, 0.15) is 23.8 Å². The quantitative estimate of drug-likeness (QED) is 0.818. The van der Waals surface area contributed by atoms with Crippen LogP contribution >= 0.6 is 0 Å². The van der Waals surface area contributed by atoms with Gasteiger partial charge in [-0.15, -0.1) is 0 Å². The Balaban J connectivity index is 1.45. The molecule has 0 N–H and O–H groups in total. The first-order valence-corrected chi connectivity index (χ1v) is 7.94. The lowest BCUT2D eigenvalue weighted by Crippen LogP contribution is -2.34. The predicted octanol–water partition coefficient (Wildman–Crippen LogP) is 2.13. The highest BCUT2D eigenvalue weighted by Gasteiger charge is 2.26. The highest BCUT2D eigenvalue weighted by Crippen LogP contribution is 2.17. The van der Waals surface area contributed by atoms with Crippen LogP contribution in [0.15, 0.2) is 35.0 Å². The Bertz CT molecular complexity index is 583. The fraction of sp³-hybridized carbons (Fsp3) is 0.529. The van der Waals surface area contributed by atoms with Gasteiger partial charge in [0.1, 0.15) is 5.76 Å². The Kier molecular flexibility index (Phi) is 4.85. The van der Waals surface area contributed by atoms with Gasteiger partial charge in [0.15, 0.2) is 0 Å². The third-order valence-corrected chi connectivity index (χ3v) is 4.33. The third-order valence-electron chi connectivity index (χ3n) is 4.33. The Labute approximate surface area is 132 Å². The van der Waals surface area contributed by atoms with Crippen LogP contribution < -0.4 is 0 Å². The molecule has 5 nitrogen and oxygen atoms in total. The van der Waals surface area contributed by atoms with Crippen molar-refractivity contribution in [1.82, 2.24) is 19.8 Å². The lowest BCUT2D eigenvalue weighted by Gasteiger charge is -2.23. The van der Waals surface area contributed by atoms with E-state index in [-0.39, 0.29) is 0 Å². The number of nitrogens with zero attached hydrogens (tertiary/aromatic N) is 4. The van der Waals surface area contributed by atoms with E-state index in [4.69, 9.17) is 4.42 Å². The summed E-state index contributed by atoms with van der Waals surface area (Å²) < 4.78 is 5.57. The van der Waals surface area contributed by atoms with Crippen molar-refractivity contribution >= 4 is 0 Å². The van der Waals surface area contributed by atoms with Gasteiger partial charge in [-0.2, -0.15) is 0 Å². The first kappa shape index (κ1) is 15.2. The Morgan fingerprint density at radius 1 is 1.36 bits per heavy atom. The minimum Gasteiger partial charge on any atom is -0.445 e. The zero-order chi connectivity index (χ0) is 15.4. The molecule has 1 aliphatic rings. The highest BCUT2D eigenvalue weighted by molar-refractivity contribution is 5.04. The maximum Gasteiger partial charge on any atom is 0.208 e. The molecule has 1 aliphatic heterocycles. The summed E-state index contributed by atoms with van der Waals surface area (Å²) in [6.45, 7) is 6.08. The maximum atomic E-state index is 5.57. The van der Waals surface area contributed by atoms with E-state index in [0.717, 1.165) is 44.3 Å². The summed E-state index contributed by atoms with van der Waals surface area (Å²) in [6.07, 6.45) is 5.89. The lowest BCUT2D eigenvalue weighted by molar-refractivity contribution is 0.206. The van der Waals surface area contributed by atoms with Crippen molar-refractivity contribution < 1.29 is 4.42 Å². The summed E-state index contributed by atoms with van der Waals surface area (Å²) in [5.41, 5.74) is 1.18. The summed E-state index contributed by atoms with van der Waals surface area (Å²) in [4.78, 5) is 13.6. The molecule has 0 radical (unpaired) electrons. The monoisotopic (exact) mass is 300 g/mol.